The zero-order chi connectivity index (χ0) is 36.0. The molecular weight excluding hydrogens is 668 g/mol. The number of aliphatic carboxylic acids is 1. The van der Waals surface area contributed by atoms with Gasteiger partial charge in [0.15, 0.2) is 0 Å². The van der Waals surface area contributed by atoms with Crippen LogP contribution in [0.3, 0.4) is 0 Å². The standard InChI is InChI=1S/C33H28F8N4O4/c1-3-24(32(36,37)38)43-16-13-20(34)26(21(35)14-16)29(46)44-22(31(48)49)12-15-9-10-19(28-17(15)7-5-11-42-28)25-27(33(39,40)41)18-6-4-8-23(18)45(2)30(25)47/h5,7,9-11,13-14,22,24,43H,3-4,6,8,12H2,1-2H3,(H,44,46)(H,48,49)/t22-,24+/m0/s1. The molecule has 2 heterocycles. The SMILES string of the molecule is CC[C@@H](Nc1cc(F)c(C(=O)N[C@@H](Cc2ccc(-c3c(C(F)(F)F)c4c(n(C)c3=O)CCC4)c3ncccc23)C(=O)O)c(F)c1)C(F)(F)F. The fourth-order valence-electron chi connectivity index (χ4n) is 6.23. The summed E-state index contributed by atoms with van der Waals surface area (Å²) in [6.07, 6.45) is -8.50. The number of halogens is 8. The lowest BCUT2D eigenvalue weighted by Gasteiger charge is -2.22. The van der Waals surface area contributed by atoms with Gasteiger partial charge in [-0.25, -0.2) is 13.6 Å². The first-order valence-corrected chi connectivity index (χ1v) is 15.0. The van der Waals surface area contributed by atoms with Gasteiger partial charge < -0.3 is 20.3 Å². The fraction of sp³-hybridized carbons (Fsp3) is 0.333. The maximum atomic E-state index is 14.9. The number of carbonyl (C=O) groups excluding carboxylic acids is 1. The van der Waals surface area contributed by atoms with Crippen molar-refractivity contribution in [1.29, 1.82) is 0 Å². The molecule has 49 heavy (non-hydrogen) atoms. The van der Waals surface area contributed by atoms with Crippen LogP contribution in [0.15, 0.2) is 47.4 Å². The van der Waals surface area contributed by atoms with Crippen LogP contribution in [0.5, 0.6) is 0 Å². The zero-order valence-corrected chi connectivity index (χ0v) is 25.8. The zero-order valence-electron chi connectivity index (χ0n) is 25.8. The third-order valence-electron chi connectivity index (χ3n) is 8.52. The number of amides is 1. The second-order valence-corrected chi connectivity index (χ2v) is 11.6. The molecule has 2 atom stereocenters. The monoisotopic (exact) mass is 696 g/mol. The van der Waals surface area contributed by atoms with Gasteiger partial charge in [-0.15, -0.1) is 0 Å². The van der Waals surface area contributed by atoms with Gasteiger partial charge in [0.1, 0.15) is 29.3 Å². The Kier molecular flexibility index (Phi) is 9.45. The van der Waals surface area contributed by atoms with Gasteiger partial charge in [0, 0.05) is 42.0 Å². The maximum absolute atomic E-state index is 14.9. The van der Waals surface area contributed by atoms with E-state index in [2.05, 4.69) is 4.98 Å². The number of alkyl halides is 6. The quantitative estimate of drug-likeness (QED) is 0.171. The Morgan fingerprint density at radius 1 is 1.04 bits per heavy atom. The molecule has 0 unspecified atom stereocenters. The number of rotatable bonds is 9. The van der Waals surface area contributed by atoms with Gasteiger partial charge in [0.25, 0.3) is 11.5 Å². The van der Waals surface area contributed by atoms with Crippen LogP contribution >= 0.6 is 0 Å². The van der Waals surface area contributed by atoms with E-state index in [1.165, 1.54) is 49.0 Å². The lowest BCUT2D eigenvalue weighted by Crippen LogP contribution is -2.43. The largest absolute Gasteiger partial charge is 0.480 e. The van der Waals surface area contributed by atoms with Crippen LogP contribution in [0.2, 0.25) is 0 Å². The smallest absolute Gasteiger partial charge is 0.417 e. The molecule has 4 aromatic rings. The molecule has 0 fully saturated rings. The Labute approximate surface area is 272 Å². The Balaban J connectivity index is 1.50. The minimum absolute atomic E-state index is 0.0141. The molecule has 5 rings (SSSR count). The number of nitrogens with zero attached hydrogens (tertiary/aromatic N) is 2. The van der Waals surface area contributed by atoms with Crippen LogP contribution in [-0.4, -0.2) is 44.8 Å². The second-order valence-electron chi connectivity index (χ2n) is 11.6. The summed E-state index contributed by atoms with van der Waals surface area (Å²) in [5.74, 6) is -6.28. The highest BCUT2D eigenvalue weighted by Gasteiger charge is 2.42. The number of nitrogens with one attached hydrogen (secondary N) is 2. The van der Waals surface area contributed by atoms with E-state index in [1.807, 2.05) is 10.6 Å². The molecule has 16 heteroatoms. The van der Waals surface area contributed by atoms with Crippen molar-refractivity contribution in [3.63, 3.8) is 0 Å². The molecule has 0 saturated heterocycles. The molecule has 0 radical (unpaired) electrons. The number of benzene rings is 2. The average Bonchev–Trinajstić information content (AvgIpc) is 3.49. The number of hydrogen-bond donors (Lipinski definition) is 3. The third-order valence-corrected chi connectivity index (χ3v) is 8.52. The highest BCUT2D eigenvalue weighted by molar-refractivity contribution is 5.99. The lowest BCUT2D eigenvalue weighted by atomic mass is 9.91. The van der Waals surface area contributed by atoms with Gasteiger partial charge in [-0.2, -0.15) is 26.3 Å². The highest BCUT2D eigenvalue weighted by Crippen LogP contribution is 2.43. The number of pyridine rings is 2. The average molecular weight is 697 g/mol. The number of aromatic nitrogens is 2. The normalized spacial score (nSPS) is 14.4. The minimum atomic E-state index is -4.88. The van der Waals surface area contributed by atoms with Crippen molar-refractivity contribution in [2.45, 2.75) is 63.5 Å². The predicted molar refractivity (Wildman–Crippen MR) is 162 cm³/mol. The first kappa shape index (κ1) is 35.3. The van der Waals surface area contributed by atoms with Crippen molar-refractivity contribution < 1.29 is 49.8 Å². The van der Waals surface area contributed by atoms with Crippen LogP contribution in [0.25, 0.3) is 22.0 Å². The predicted octanol–water partition coefficient (Wildman–Crippen LogP) is 6.56. The summed E-state index contributed by atoms with van der Waals surface area (Å²) in [4.78, 5) is 42.8. The lowest BCUT2D eigenvalue weighted by molar-refractivity contribution is -0.143. The van der Waals surface area contributed by atoms with E-state index in [9.17, 15) is 54.6 Å². The number of hydrogen-bond acceptors (Lipinski definition) is 5. The van der Waals surface area contributed by atoms with Crippen molar-refractivity contribution in [1.82, 2.24) is 14.9 Å². The number of carbonyl (C=O) groups is 2. The second kappa shape index (κ2) is 13.1. The van der Waals surface area contributed by atoms with Crippen LogP contribution in [-0.2, 0) is 37.3 Å². The van der Waals surface area contributed by atoms with Crippen LogP contribution in [0, 0.1) is 11.6 Å². The molecule has 1 amide bonds. The van der Waals surface area contributed by atoms with E-state index in [4.69, 9.17) is 0 Å². The van der Waals surface area contributed by atoms with Gasteiger partial charge >= 0.3 is 18.3 Å². The molecule has 0 bridgehead atoms. The molecule has 0 saturated carbocycles. The van der Waals surface area contributed by atoms with Crippen molar-refractivity contribution in [3.8, 4) is 11.1 Å². The van der Waals surface area contributed by atoms with Gasteiger partial charge in [0.05, 0.1) is 16.6 Å². The molecule has 2 aromatic carbocycles. The van der Waals surface area contributed by atoms with E-state index < -0.39 is 88.7 Å². The van der Waals surface area contributed by atoms with Gasteiger partial charge in [-0.05, 0) is 55.0 Å². The number of anilines is 1. The summed E-state index contributed by atoms with van der Waals surface area (Å²) in [7, 11) is 1.39. The van der Waals surface area contributed by atoms with Crippen LogP contribution < -0.4 is 16.2 Å². The van der Waals surface area contributed by atoms with Crippen molar-refractivity contribution in [3.05, 3.63) is 92.5 Å². The Hall–Kier alpha value is -5.02. The summed E-state index contributed by atoms with van der Waals surface area (Å²) >= 11 is 0. The van der Waals surface area contributed by atoms with E-state index in [-0.39, 0.29) is 34.0 Å². The highest BCUT2D eigenvalue weighted by atomic mass is 19.4. The Morgan fingerprint density at radius 3 is 2.31 bits per heavy atom. The van der Waals surface area contributed by atoms with Crippen molar-refractivity contribution in [2.24, 2.45) is 7.05 Å². The number of carboxylic acids is 1. The molecule has 3 N–H and O–H groups in total. The summed E-state index contributed by atoms with van der Waals surface area (Å²) in [5, 5.41) is 14.0. The van der Waals surface area contributed by atoms with E-state index in [1.54, 1.807) is 0 Å². The Bertz CT molecular complexity index is 2000. The molecule has 1 aliphatic rings. The first-order chi connectivity index (χ1) is 22.9. The van der Waals surface area contributed by atoms with Crippen molar-refractivity contribution >= 4 is 28.5 Å². The molecule has 8 nitrogen and oxygen atoms in total. The summed E-state index contributed by atoms with van der Waals surface area (Å²) in [6, 6.07) is 2.31. The van der Waals surface area contributed by atoms with Gasteiger partial charge in [-0.3, -0.25) is 14.6 Å². The molecule has 0 spiro atoms. The van der Waals surface area contributed by atoms with Crippen molar-refractivity contribution in [2.75, 3.05) is 5.32 Å². The van der Waals surface area contributed by atoms with Crippen LogP contribution in [0.1, 0.15) is 52.5 Å². The number of carboxylic acid groups (broad SMARTS) is 1. The first-order valence-electron chi connectivity index (χ1n) is 15.0. The van der Waals surface area contributed by atoms with E-state index in [0.29, 0.717) is 30.7 Å². The third kappa shape index (κ3) is 6.81. The van der Waals surface area contributed by atoms with E-state index >= 15 is 0 Å². The maximum Gasteiger partial charge on any atom is 0.417 e. The summed E-state index contributed by atoms with van der Waals surface area (Å²) < 4.78 is 114. The minimum Gasteiger partial charge on any atom is -0.480 e. The van der Waals surface area contributed by atoms with Crippen LogP contribution in [0.4, 0.5) is 40.8 Å². The molecule has 1 aliphatic carbocycles. The van der Waals surface area contributed by atoms with E-state index in [0.717, 1.165) is 0 Å². The summed E-state index contributed by atoms with van der Waals surface area (Å²) in [6.45, 7) is 1.20. The molecule has 260 valence electrons. The fourth-order valence-corrected chi connectivity index (χ4v) is 6.23. The topological polar surface area (TPSA) is 113 Å². The number of fused-ring (bicyclic) bond motifs is 2. The molecular formula is C33H28F8N4O4. The van der Waals surface area contributed by atoms with Gasteiger partial charge in [-0.1, -0.05) is 25.1 Å². The summed E-state index contributed by atoms with van der Waals surface area (Å²) in [5.41, 5.74) is -4.15. The molecule has 0 aliphatic heterocycles. The molecule has 2 aromatic heterocycles. The Morgan fingerprint density at radius 2 is 1.71 bits per heavy atom. The van der Waals surface area contributed by atoms with Gasteiger partial charge in [0.2, 0.25) is 0 Å².